The molecule has 3 rings (SSSR count). The summed E-state index contributed by atoms with van der Waals surface area (Å²) in [4.78, 5) is 27.1. The number of anilines is 1. The maximum atomic E-state index is 11.6. The molecule has 1 aliphatic rings. The molecule has 20 heavy (non-hydrogen) atoms. The Bertz CT molecular complexity index is 710. The van der Waals surface area contributed by atoms with E-state index in [9.17, 15) is 9.59 Å². The van der Waals surface area contributed by atoms with Crippen molar-refractivity contribution in [3.05, 3.63) is 58.9 Å². The zero-order valence-corrected chi connectivity index (χ0v) is 10.9. The summed E-state index contributed by atoms with van der Waals surface area (Å²) in [5.41, 5.74) is 3.90. The Balaban J connectivity index is 1.80. The lowest BCUT2D eigenvalue weighted by molar-refractivity contribution is 0.0879. The van der Waals surface area contributed by atoms with Gasteiger partial charge in [-0.15, -0.1) is 0 Å². The predicted molar refractivity (Wildman–Crippen MR) is 74.5 cm³/mol. The largest absolute Gasteiger partial charge is 0.381 e. The molecule has 1 aliphatic heterocycles. The molecule has 5 heteroatoms. The van der Waals surface area contributed by atoms with Gasteiger partial charge in [-0.1, -0.05) is 0 Å². The molecule has 2 N–H and O–H groups in total. The first-order valence-electron chi connectivity index (χ1n) is 6.28. The summed E-state index contributed by atoms with van der Waals surface area (Å²) in [6.45, 7) is 2.64. The second-order valence-corrected chi connectivity index (χ2v) is 4.70. The molecule has 0 atom stereocenters. The van der Waals surface area contributed by atoms with Gasteiger partial charge in [0.05, 0.1) is 11.1 Å². The van der Waals surface area contributed by atoms with Crippen LogP contribution in [0.5, 0.6) is 0 Å². The van der Waals surface area contributed by atoms with Crippen LogP contribution in [0.25, 0.3) is 0 Å². The lowest BCUT2D eigenvalue weighted by atomic mass is 10.1. The van der Waals surface area contributed by atoms with Crippen molar-refractivity contribution in [3.8, 4) is 0 Å². The van der Waals surface area contributed by atoms with Gasteiger partial charge >= 0.3 is 0 Å². The van der Waals surface area contributed by atoms with E-state index in [1.165, 1.54) is 0 Å². The summed E-state index contributed by atoms with van der Waals surface area (Å²) >= 11 is 0. The van der Waals surface area contributed by atoms with Gasteiger partial charge in [0, 0.05) is 24.6 Å². The minimum absolute atomic E-state index is 0.334. The van der Waals surface area contributed by atoms with Gasteiger partial charge in [-0.25, -0.2) is 0 Å². The van der Waals surface area contributed by atoms with Crippen LogP contribution in [0.4, 0.5) is 5.69 Å². The number of hydrogen-bond donors (Lipinski definition) is 2. The number of fused-ring (bicyclic) bond motifs is 1. The summed E-state index contributed by atoms with van der Waals surface area (Å²) in [5.74, 6) is -0.675. The van der Waals surface area contributed by atoms with Crippen molar-refractivity contribution in [1.29, 1.82) is 0 Å². The molecule has 1 aromatic carbocycles. The van der Waals surface area contributed by atoms with Crippen LogP contribution in [0.3, 0.4) is 0 Å². The molecular formula is C15H13N3O2. The van der Waals surface area contributed by atoms with Crippen molar-refractivity contribution in [2.45, 2.75) is 13.5 Å². The minimum atomic E-state index is -0.341. The molecule has 0 spiro atoms. The van der Waals surface area contributed by atoms with Crippen molar-refractivity contribution >= 4 is 17.5 Å². The molecule has 0 radical (unpaired) electrons. The molecule has 0 saturated carbocycles. The number of carbonyl (C=O) groups is 2. The molecule has 2 amide bonds. The Morgan fingerprint density at radius 1 is 1.15 bits per heavy atom. The number of aryl methyl sites for hydroxylation is 1. The Morgan fingerprint density at radius 3 is 2.75 bits per heavy atom. The van der Waals surface area contributed by atoms with E-state index in [0.29, 0.717) is 17.7 Å². The van der Waals surface area contributed by atoms with Crippen LogP contribution in [-0.4, -0.2) is 16.8 Å². The van der Waals surface area contributed by atoms with Crippen molar-refractivity contribution in [3.63, 3.8) is 0 Å². The van der Waals surface area contributed by atoms with Crippen LogP contribution in [0.15, 0.2) is 36.7 Å². The van der Waals surface area contributed by atoms with Gasteiger partial charge in [0.15, 0.2) is 0 Å². The molecule has 0 bridgehead atoms. The molecule has 1 aromatic heterocycles. The van der Waals surface area contributed by atoms with Gasteiger partial charge in [-0.3, -0.25) is 19.9 Å². The quantitative estimate of drug-likeness (QED) is 0.833. The highest BCUT2D eigenvalue weighted by atomic mass is 16.2. The van der Waals surface area contributed by atoms with Gasteiger partial charge in [-0.2, -0.15) is 0 Å². The highest BCUT2D eigenvalue weighted by Gasteiger charge is 2.26. The van der Waals surface area contributed by atoms with Crippen LogP contribution in [0, 0.1) is 6.92 Å². The number of aromatic nitrogens is 1. The molecule has 5 nitrogen and oxygen atoms in total. The predicted octanol–water partition coefficient (Wildman–Crippen LogP) is 1.89. The molecule has 2 aromatic rings. The van der Waals surface area contributed by atoms with Gasteiger partial charge < -0.3 is 5.32 Å². The SMILES string of the molecule is Cc1ccncc1CNc1ccc2c(c1)C(=O)NC2=O. The molecular weight excluding hydrogens is 254 g/mol. The highest BCUT2D eigenvalue weighted by molar-refractivity contribution is 6.21. The number of pyridine rings is 1. The fourth-order valence-corrected chi connectivity index (χ4v) is 2.16. The first-order chi connectivity index (χ1) is 9.65. The summed E-state index contributed by atoms with van der Waals surface area (Å²) in [5, 5.41) is 5.51. The van der Waals surface area contributed by atoms with Crippen molar-refractivity contribution in [2.75, 3.05) is 5.32 Å². The maximum absolute atomic E-state index is 11.6. The Labute approximate surface area is 116 Å². The Hall–Kier alpha value is -2.69. The number of rotatable bonds is 3. The average molecular weight is 267 g/mol. The van der Waals surface area contributed by atoms with Crippen LogP contribution in [-0.2, 0) is 6.54 Å². The Kier molecular flexibility index (Phi) is 2.95. The number of carbonyl (C=O) groups excluding carboxylic acids is 2. The van der Waals surface area contributed by atoms with E-state index in [4.69, 9.17) is 0 Å². The van der Waals surface area contributed by atoms with Crippen molar-refractivity contribution in [1.82, 2.24) is 10.3 Å². The topological polar surface area (TPSA) is 71.1 Å². The van der Waals surface area contributed by atoms with Crippen LogP contribution >= 0.6 is 0 Å². The summed E-state index contributed by atoms with van der Waals surface area (Å²) < 4.78 is 0. The molecule has 0 unspecified atom stereocenters. The smallest absolute Gasteiger partial charge is 0.259 e. The number of hydrogen-bond acceptors (Lipinski definition) is 4. The monoisotopic (exact) mass is 267 g/mol. The lowest BCUT2D eigenvalue weighted by Crippen LogP contribution is -2.19. The van der Waals surface area contributed by atoms with Crippen LogP contribution < -0.4 is 10.6 Å². The van der Waals surface area contributed by atoms with E-state index in [1.54, 1.807) is 24.4 Å². The van der Waals surface area contributed by atoms with E-state index < -0.39 is 0 Å². The fourth-order valence-electron chi connectivity index (χ4n) is 2.16. The third-order valence-electron chi connectivity index (χ3n) is 3.37. The molecule has 0 aliphatic carbocycles. The van der Waals surface area contributed by atoms with Gasteiger partial charge in [0.1, 0.15) is 0 Å². The average Bonchev–Trinajstić information content (AvgIpc) is 2.73. The van der Waals surface area contributed by atoms with Gasteiger partial charge in [0.2, 0.25) is 0 Å². The first kappa shape index (κ1) is 12.3. The van der Waals surface area contributed by atoms with Gasteiger partial charge in [-0.05, 0) is 42.3 Å². The molecule has 2 heterocycles. The van der Waals surface area contributed by atoms with Crippen molar-refractivity contribution < 1.29 is 9.59 Å². The number of nitrogens with one attached hydrogen (secondary N) is 2. The zero-order valence-electron chi connectivity index (χ0n) is 10.9. The molecule has 0 fully saturated rings. The normalized spacial score (nSPS) is 13.1. The maximum Gasteiger partial charge on any atom is 0.259 e. The van der Waals surface area contributed by atoms with Crippen LogP contribution in [0.2, 0.25) is 0 Å². The lowest BCUT2D eigenvalue weighted by Gasteiger charge is -2.09. The summed E-state index contributed by atoms with van der Waals surface area (Å²) in [7, 11) is 0. The van der Waals surface area contributed by atoms with E-state index in [-0.39, 0.29) is 11.8 Å². The van der Waals surface area contributed by atoms with E-state index in [2.05, 4.69) is 15.6 Å². The van der Waals surface area contributed by atoms with E-state index in [1.807, 2.05) is 19.2 Å². The molecule has 100 valence electrons. The number of nitrogens with zero attached hydrogens (tertiary/aromatic N) is 1. The van der Waals surface area contributed by atoms with Crippen molar-refractivity contribution in [2.24, 2.45) is 0 Å². The zero-order chi connectivity index (χ0) is 14.1. The number of amides is 2. The third kappa shape index (κ3) is 2.14. The number of imide groups is 1. The summed E-state index contributed by atoms with van der Waals surface area (Å²) in [6.07, 6.45) is 3.57. The standard InChI is InChI=1S/C15H13N3O2/c1-9-4-5-16-7-10(9)8-17-11-2-3-12-13(6-11)15(20)18-14(12)19/h2-7,17H,8H2,1H3,(H,18,19,20). The summed E-state index contributed by atoms with van der Waals surface area (Å²) in [6, 6.07) is 7.10. The molecule has 0 saturated heterocycles. The minimum Gasteiger partial charge on any atom is -0.381 e. The third-order valence-corrected chi connectivity index (χ3v) is 3.37. The highest BCUT2D eigenvalue weighted by Crippen LogP contribution is 2.21. The second-order valence-electron chi connectivity index (χ2n) is 4.70. The van der Waals surface area contributed by atoms with E-state index in [0.717, 1.165) is 16.8 Å². The fraction of sp³-hybridized carbons (Fsp3) is 0.133. The number of benzene rings is 1. The Morgan fingerprint density at radius 2 is 1.95 bits per heavy atom. The van der Waals surface area contributed by atoms with Crippen LogP contribution in [0.1, 0.15) is 31.8 Å². The second kappa shape index (κ2) is 4.77. The van der Waals surface area contributed by atoms with Gasteiger partial charge in [0.25, 0.3) is 11.8 Å². The first-order valence-corrected chi connectivity index (χ1v) is 6.28. The van der Waals surface area contributed by atoms with E-state index >= 15 is 0 Å².